The monoisotopic (exact) mass is 410 g/mol. The lowest BCUT2D eigenvalue weighted by Gasteiger charge is -2.13. The molecule has 0 spiro atoms. The molecule has 9 heteroatoms. The van der Waals surface area contributed by atoms with Crippen LogP contribution in [0.1, 0.15) is 24.3 Å². The van der Waals surface area contributed by atoms with Gasteiger partial charge in [-0.1, -0.05) is 23.7 Å². The Kier molecular flexibility index (Phi) is 4.94. The standard InChI is InChI=1S/C20H19ClN6O2/c1-11(2)29-17-6-4-5-12-9-16(27(3)18(12)17)20(28)22-15-8-7-13(21)10-14(15)19-23-25-26-24-19/h4-11H,1-3H3,(H,22,28)(H,23,24,25,26). The molecule has 0 fully saturated rings. The number of nitrogens with zero attached hydrogens (tertiary/aromatic N) is 4. The maximum Gasteiger partial charge on any atom is 0.272 e. The lowest BCUT2D eigenvalue weighted by atomic mass is 10.1. The van der Waals surface area contributed by atoms with E-state index in [0.717, 1.165) is 16.7 Å². The highest BCUT2D eigenvalue weighted by atomic mass is 35.5. The van der Waals surface area contributed by atoms with Gasteiger partial charge in [-0.2, -0.15) is 5.21 Å². The van der Waals surface area contributed by atoms with Gasteiger partial charge in [-0.25, -0.2) is 0 Å². The van der Waals surface area contributed by atoms with Crippen molar-refractivity contribution in [1.82, 2.24) is 25.2 Å². The Bertz CT molecular complexity index is 1180. The number of H-pyrrole nitrogens is 1. The number of ether oxygens (including phenoxy) is 1. The van der Waals surface area contributed by atoms with Crippen molar-refractivity contribution >= 4 is 34.1 Å². The van der Waals surface area contributed by atoms with Gasteiger partial charge in [0.2, 0.25) is 5.82 Å². The third kappa shape index (κ3) is 3.66. The first-order chi connectivity index (χ1) is 13.9. The van der Waals surface area contributed by atoms with E-state index in [2.05, 4.69) is 25.9 Å². The van der Waals surface area contributed by atoms with E-state index in [-0.39, 0.29) is 12.0 Å². The Balaban J connectivity index is 1.72. The summed E-state index contributed by atoms with van der Waals surface area (Å²) in [6.07, 6.45) is 0.0272. The zero-order valence-corrected chi connectivity index (χ0v) is 16.9. The molecule has 0 atom stereocenters. The van der Waals surface area contributed by atoms with Gasteiger partial charge in [-0.05, 0) is 49.4 Å². The van der Waals surface area contributed by atoms with Crippen molar-refractivity contribution in [3.05, 3.63) is 53.2 Å². The Morgan fingerprint density at radius 3 is 2.79 bits per heavy atom. The van der Waals surface area contributed by atoms with Crippen LogP contribution in [0.2, 0.25) is 5.02 Å². The molecule has 0 unspecified atom stereocenters. The second kappa shape index (κ2) is 7.56. The van der Waals surface area contributed by atoms with Gasteiger partial charge in [0, 0.05) is 23.0 Å². The van der Waals surface area contributed by atoms with Crippen LogP contribution < -0.4 is 10.1 Å². The summed E-state index contributed by atoms with van der Waals surface area (Å²) in [5, 5.41) is 18.3. The minimum absolute atomic E-state index is 0.0272. The molecule has 4 aromatic rings. The first-order valence-electron chi connectivity index (χ1n) is 9.04. The summed E-state index contributed by atoms with van der Waals surface area (Å²) in [6, 6.07) is 12.7. The molecule has 2 heterocycles. The quantitative estimate of drug-likeness (QED) is 0.517. The number of aromatic nitrogens is 5. The molecule has 8 nitrogen and oxygen atoms in total. The number of tetrazole rings is 1. The first-order valence-corrected chi connectivity index (χ1v) is 9.41. The van der Waals surface area contributed by atoms with Crippen molar-refractivity contribution < 1.29 is 9.53 Å². The van der Waals surface area contributed by atoms with Crippen LogP contribution in [0.4, 0.5) is 5.69 Å². The molecule has 2 N–H and O–H groups in total. The van der Waals surface area contributed by atoms with E-state index in [0.29, 0.717) is 27.8 Å². The molecule has 0 aliphatic carbocycles. The van der Waals surface area contributed by atoms with E-state index >= 15 is 0 Å². The molecule has 0 saturated heterocycles. The summed E-state index contributed by atoms with van der Waals surface area (Å²) in [6.45, 7) is 3.94. The molecule has 0 saturated carbocycles. The zero-order chi connectivity index (χ0) is 20.5. The number of benzene rings is 2. The van der Waals surface area contributed by atoms with Gasteiger partial charge in [0.15, 0.2) is 0 Å². The molecular weight excluding hydrogens is 392 g/mol. The molecule has 0 bridgehead atoms. The largest absolute Gasteiger partial charge is 0.489 e. The van der Waals surface area contributed by atoms with Crippen LogP contribution >= 0.6 is 11.6 Å². The van der Waals surface area contributed by atoms with E-state index in [1.165, 1.54) is 0 Å². The van der Waals surface area contributed by atoms with Crippen molar-refractivity contribution in [2.45, 2.75) is 20.0 Å². The SMILES string of the molecule is CC(C)Oc1cccc2cc(C(=O)Nc3ccc(Cl)cc3-c3nn[nH]n3)n(C)c12. The average molecular weight is 411 g/mol. The van der Waals surface area contributed by atoms with Gasteiger partial charge in [-0.15, -0.1) is 10.2 Å². The van der Waals surface area contributed by atoms with Crippen LogP contribution in [0.15, 0.2) is 42.5 Å². The average Bonchev–Trinajstić information content (AvgIpc) is 3.31. The van der Waals surface area contributed by atoms with Crippen molar-refractivity contribution in [1.29, 1.82) is 0 Å². The number of nitrogens with one attached hydrogen (secondary N) is 2. The number of aryl methyl sites for hydroxylation is 1. The van der Waals surface area contributed by atoms with E-state index in [1.54, 1.807) is 18.2 Å². The van der Waals surface area contributed by atoms with Crippen LogP contribution in [-0.4, -0.2) is 37.2 Å². The molecule has 4 rings (SSSR count). The number of rotatable bonds is 5. The highest BCUT2D eigenvalue weighted by molar-refractivity contribution is 6.31. The normalized spacial score (nSPS) is 11.2. The van der Waals surface area contributed by atoms with Gasteiger partial charge >= 0.3 is 0 Å². The summed E-state index contributed by atoms with van der Waals surface area (Å²) >= 11 is 6.11. The number of halogens is 1. The van der Waals surface area contributed by atoms with Crippen molar-refractivity contribution in [3.8, 4) is 17.1 Å². The van der Waals surface area contributed by atoms with E-state index in [9.17, 15) is 4.79 Å². The smallest absolute Gasteiger partial charge is 0.272 e. The fourth-order valence-electron chi connectivity index (χ4n) is 3.22. The lowest BCUT2D eigenvalue weighted by molar-refractivity contribution is 0.102. The number of amides is 1. The van der Waals surface area contributed by atoms with E-state index < -0.39 is 0 Å². The highest BCUT2D eigenvalue weighted by Gasteiger charge is 2.19. The van der Waals surface area contributed by atoms with Crippen LogP contribution in [-0.2, 0) is 7.05 Å². The molecule has 0 aliphatic heterocycles. The van der Waals surface area contributed by atoms with Gasteiger partial charge in [0.05, 0.1) is 17.3 Å². The molecule has 0 radical (unpaired) electrons. The highest BCUT2D eigenvalue weighted by Crippen LogP contribution is 2.31. The van der Waals surface area contributed by atoms with Crippen molar-refractivity contribution in [2.24, 2.45) is 7.05 Å². The number of para-hydroxylation sites is 1. The van der Waals surface area contributed by atoms with Crippen LogP contribution in [0.3, 0.4) is 0 Å². The second-order valence-electron chi connectivity index (χ2n) is 6.83. The summed E-state index contributed by atoms with van der Waals surface area (Å²) in [7, 11) is 1.84. The fraction of sp³-hybridized carbons (Fsp3) is 0.200. The number of fused-ring (bicyclic) bond motifs is 1. The number of carbonyl (C=O) groups is 1. The molecule has 0 aliphatic rings. The Hall–Kier alpha value is -3.39. The fourth-order valence-corrected chi connectivity index (χ4v) is 3.39. The number of hydrogen-bond donors (Lipinski definition) is 2. The minimum Gasteiger partial charge on any atom is -0.489 e. The Morgan fingerprint density at radius 1 is 1.24 bits per heavy atom. The number of anilines is 1. The molecule has 1 amide bonds. The van der Waals surface area contributed by atoms with Gasteiger partial charge in [-0.3, -0.25) is 4.79 Å². The van der Waals surface area contributed by atoms with Crippen LogP contribution in [0.25, 0.3) is 22.3 Å². The summed E-state index contributed by atoms with van der Waals surface area (Å²) in [5.74, 6) is 0.803. The topological polar surface area (TPSA) is 97.7 Å². The predicted octanol–water partition coefficient (Wildman–Crippen LogP) is 4.05. The van der Waals surface area contributed by atoms with Crippen molar-refractivity contribution in [2.75, 3.05) is 5.32 Å². The Labute approximate surface area is 171 Å². The van der Waals surface area contributed by atoms with Gasteiger partial charge < -0.3 is 14.6 Å². The number of hydrogen-bond acceptors (Lipinski definition) is 5. The molecular formula is C20H19ClN6O2. The zero-order valence-electron chi connectivity index (χ0n) is 16.1. The first kappa shape index (κ1) is 18.9. The number of aromatic amines is 1. The summed E-state index contributed by atoms with van der Waals surface area (Å²) < 4.78 is 7.73. The maximum absolute atomic E-state index is 13.1. The lowest BCUT2D eigenvalue weighted by Crippen LogP contribution is -2.16. The Morgan fingerprint density at radius 2 is 2.07 bits per heavy atom. The predicted molar refractivity (Wildman–Crippen MR) is 111 cm³/mol. The summed E-state index contributed by atoms with van der Waals surface area (Å²) in [5.41, 5.74) is 2.46. The van der Waals surface area contributed by atoms with Crippen LogP contribution in [0, 0.1) is 0 Å². The van der Waals surface area contributed by atoms with Gasteiger partial charge in [0.25, 0.3) is 5.91 Å². The third-order valence-corrected chi connectivity index (χ3v) is 4.67. The van der Waals surface area contributed by atoms with Crippen molar-refractivity contribution in [3.63, 3.8) is 0 Å². The number of carbonyl (C=O) groups excluding carboxylic acids is 1. The van der Waals surface area contributed by atoms with Gasteiger partial charge in [0.1, 0.15) is 11.4 Å². The molecule has 2 aromatic carbocycles. The molecule has 2 aromatic heterocycles. The molecule has 29 heavy (non-hydrogen) atoms. The van der Waals surface area contributed by atoms with Crippen LogP contribution in [0.5, 0.6) is 5.75 Å². The maximum atomic E-state index is 13.1. The second-order valence-corrected chi connectivity index (χ2v) is 7.27. The minimum atomic E-state index is -0.272. The molecule has 148 valence electrons. The third-order valence-electron chi connectivity index (χ3n) is 4.43. The summed E-state index contributed by atoms with van der Waals surface area (Å²) in [4.78, 5) is 13.1. The van der Waals surface area contributed by atoms with E-state index in [1.807, 2.05) is 49.7 Å². The van der Waals surface area contributed by atoms with E-state index in [4.69, 9.17) is 16.3 Å².